The van der Waals surface area contributed by atoms with E-state index in [0.717, 1.165) is 12.8 Å². The Labute approximate surface area is 184 Å². The van der Waals surface area contributed by atoms with Crippen molar-refractivity contribution in [3.05, 3.63) is 29.8 Å². The standard InChI is InChI=1S/C21H26N4O7/c1-3-31-20(30)22-15-6-4-14(5-7-15)17(27)32-12-16(26)24-25-18(28)21(23-19(25)29)10-8-13(2)9-11-21/h4-7,13H,3,8-12H2,1-2H3,(H,22,30)(H,23,29)(H,24,26). The third kappa shape index (κ3) is 5.16. The maximum Gasteiger partial charge on any atom is 0.411 e. The quantitative estimate of drug-likeness (QED) is 0.448. The first kappa shape index (κ1) is 23.0. The Balaban J connectivity index is 1.49. The molecule has 2 aliphatic rings. The van der Waals surface area contributed by atoms with Crippen molar-refractivity contribution in [2.75, 3.05) is 18.5 Å². The highest BCUT2D eigenvalue weighted by Gasteiger charge is 2.52. The third-order valence-corrected chi connectivity index (χ3v) is 5.50. The van der Waals surface area contributed by atoms with E-state index in [1.54, 1.807) is 6.92 Å². The van der Waals surface area contributed by atoms with Crippen molar-refractivity contribution >= 4 is 35.6 Å². The van der Waals surface area contributed by atoms with Gasteiger partial charge in [0.1, 0.15) is 5.54 Å². The molecule has 11 heteroatoms. The van der Waals surface area contributed by atoms with Crippen molar-refractivity contribution in [3.8, 4) is 0 Å². The molecule has 0 atom stereocenters. The number of hydrogen-bond acceptors (Lipinski definition) is 7. The van der Waals surface area contributed by atoms with Crippen molar-refractivity contribution in [2.24, 2.45) is 5.92 Å². The molecular weight excluding hydrogens is 420 g/mol. The zero-order valence-corrected chi connectivity index (χ0v) is 17.9. The summed E-state index contributed by atoms with van der Waals surface area (Å²) in [7, 11) is 0. The zero-order valence-electron chi connectivity index (χ0n) is 17.9. The second kappa shape index (κ2) is 9.67. The first-order chi connectivity index (χ1) is 15.2. The molecule has 1 aliphatic carbocycles. The molecule has 3 rings (SSSR count). The van der Waals surface area contributed by atoms with Gasteiger partial charge in [0.25, 0.3) is 11.8 Å². The number of anilines is 1. The molecular formula is C21H26N4O7. The van der Waals surface area contributed by atoms with Gasteiger partial charge in [0.15, 0.2) is 6.61 Å². The lowest BCUT2D eigenvalue weighted by Gasteiger charge is -2.33. The number of benzene rings is 1. The van der Waals surface area contributed by atoms with E-state index < -0.39 is 42.1 Å². The average Bonchev–Trinajstić information content (AvgIpc) is 2.99. The summed E-state index contributed by atoms with van der Waals surface area (Å²) in [6.45, 7) is 3.31. The lowest BCUT2D eigenvalue weighted by atomic mass is 9.77. The molecule has 3 N–H and O–H groups in total. The monoisotopic (exact) mass is 446 g/mol. The normalized spacial score (nSPS) is 22.3. The number of rotatable bonds is 6. The van der Waals surface area contributed by atoms with Gasteiger partial charge in [0, 0.05) is 5.69 Å². The van der Waals surface area contributed by atoms with Gasteiger partial charge >= 0.3 is 18.1 Å². The van der Waals surface area contributed by atoms with Gasteiger partial charge in [0.05, 0.1) is 12.2 Å². The molecule has 1 spiro atoms. The van der Waals surface area contributed by atoms with E-state index in [4.69, 9.17) is 9.47 Å². The van der Waals surface area contributed by atoms with Crippen LogP contribution in [0.3, 0.4) is 0 Å². The SMILES string of the molecule is CCOC(=O)Nc1ccc(C(=O)OCC(=O)NN2C(=O)NC3(CCC(C)CC3)C2=O)cc1. The van der Waals surface area contributed by atoms with E-state index >= 15 is 0 Å². The van der Waals surface area contributed by atoms with Gasteiger partial charge in [-0.1, -0.05) is 6.92 Å². The highest BCUT2D eigenvalue weighted by Crippen LogP contribution is 2.35. The Bertz CT molecular complexity index is 907. The van der Waals surface area contributed by atoms with E-state index in [1.165, 1.54) is 24.3 Å². The Morgan fingerprint density at radius 2 is 1.78 bits per heavy atom. The number of hydrogen-bond donors (Lipinski definition) is 3. The van der Waals surface area contributed by atoms with Crippen LogP contribution in [0.2, 0.25) is 0 Å². The summed E-state index contributed by atoms with van der Waals surface area (Å²) in [5, 5.41) is 5.83. The van der Waals surface area contributed by atoms with Crippen molar-refractivity contribution in [3.63, 3.8) is 0 Å². The van der Waals surface area contributed by atoms with Crippen LogP contribution in [0.4, 0.5) is 15.3 Å². The Hall–Kier alpha value is -3.63. The molecule has 5 amide bonds. The van der Waals surface area contributed by atoms with Crippen molar-refractivity contribution in [2.45, 2.75) is 45.1 Å². The van der Waals surface area contributed by atoms with E-state index in [9.17, 15) is 24.0 Å². The van der Waals surface area contributed by atoms with Crippen LogP contribution < -0.4 is 16.1 Å². The minimum absolute atomic E-state index is 0.150. The zero-order chi connectivity index (χ0) is 23.3. The molecule has 1 aromatic carbocycles. The number of imide groups is 1. The highest BCUT2D eigenvalue weighted by molar-refractivity contribution is 6.08. The molecule has 32 heavy (non-hydrogen) atoms. The number of ether oxygens (including phenoxy) is 2. The predicted molar refractivity (Wildman–Crippen MR) is 111 cm³/mol. The largest absolute Gasteiger partial charge is 0.452 e. The number of esters is 1. The smallest absolute Gasteiger partial charge is 0.411 e. The third-order valence-electron chi connectivity index (χ3n) is 5.50. The molecule has 0 bridgehead atoms. The first-order valence-electron chi connectivity index (χ1n) is 10.4. The number of carbonyl (C=O) groups is 5. The molecule has 1 heterocycles. The van der Waals surface area contributed by atoms with Crippen molar-refractivity contribution < 1.29 is 33.4 Å². The maximum atomic E-state index is 12.7. The predicted octanol–water partition coefficient (Wildman–Crippen LogP) is 1.94. The second-order valence-electron chi connectivity index (χ2n) is 7.87. The average molecular weight is 446 g/mol. The van der Waals surface area contributed by atoms with E-state index in [1.807, 2.05) is 0 Å². The number of carbonyl (C=O) groups excluding carboxylic acids is 5. The minimum atomic E-state index is -0.979. The second-order valence-corrected chi connectivity index (χ2v) is 7.87. The molecule has 0 aromatic heterocycles. The Morgan fingerprint density at radius 1 is 1.12 bits per heavy atom. The molecule has 1 saturated carbocycles. The summed E-state index contributed by atoms with van der Waals surface area (Å²) < 4.78 is 9.71. The molecule has 0 unspecified atom stereocenters. The lowest BCUT2D eigenvalue weighted by Crippen LogP contribution is -2.52. The van der Waals surface area contributed by atoms with Crippen LogP contribution in [0.1, 0.15) is 49.9 Å². The van der Waals surface area contributed by atoms with E-state index in [2.05, 4.69) is 23.0 Å². The molecule has 1 aliphatic heterocycles. The number of urea groups is 1. The summed E-state index contributed by atoms with van der Waals surface area (Å²) in [6, 6.07) is 5.07. The Morgan fingerprint density at radius 3 is 2.41 bits per heavy atom. The van der Waals surface area contributed by atoms with Crippen LogP contribution in [0, 0.1) is 5.92 Å². The van der Waals surface area contributed by atoms with Crippen LogP contribution in [-0.2, 0) is 19.1 Å². The van der Waals surface area contributed by atoms with Gasteiger partial charge < -0.3 is 14.8 Å². The van der Waals surface area contributed by atoms with E-state index in [0.29, 0.717) is 29.5 Å². The van der Waals surface area contributed by atoms with Crippen molar-refractivity contribution in [1.29, 1.82) is 0 Å². The van der Waals surface area contributed by atoms with Crippen LogP contribution >= 0.6 is 0 Å². The number of hydrazine groups is 1. The van der Waals surface area contributed by atoms with Gasteiger partial charge in [-0.05, 0) is 62.8 Å². The molecule has 11 nitrogen and oxygen atoms in total. The van der Waals surface area contributed by atoms with Crippen LogP contribution in [-0.4, -0.2) is 53.7 Å². The molecule has 1 saturated heterocycles. The number of amides is 5. The lowest BCUT2D eigenvalue weighted by molar-refractivity contribution is -0.141. The highest BCUT2D eigenvalue weighted by atomic mass is 16.5. The fourth-order valence-corrected chi connectivity index (χ4v) is 3.66. The molecule has 1 aromatic rings. The first-order valence-corrected chi connectivity index (χ1v) is 10.4. The van der Waals surface area contributed by atoms with E-state index in [-0.39, 0.29) is 12.2 Å². The van der Waals surface area contributed by atoms with Crippen LogP contribution in [0.15, 0.2) is 24.3 Å². The summed E-state index contributed by atoms with van der Waals surface area (Å²) in [4.78, 5) is 60.6. The topological polar surface area (TPSA) is 143 Å². The summed E-state index contributed by atoms with van der Waals surface area (Å²) in [6.07, 6.45) is 2.02. The number of nitrogens with one attached hydrogen (secondary N) is 3. The maximum absolute atomic E-state index is 12.7. The molecule has 172 valence electrons. The summed E-state index contributed by atoms with van der Waals surface area (Å²) >= 11 is 0. The summed E-state index contributed by atoms with van der Waals surface area (Å²) in [5.41, 5.74) is 1.79. The van der Waals surface area contributed by atoms with Gasteiger partial charge in [-0.3, -0.25) is 20.3 Å². The molecule has 0 radical (unpaired) electrons. The van der Waals surface area contributed by atoms with Crippen LogP contribution in [0.25, 0.3) is 0 Å². The van der Waals surface area contributed by atoms with Gasteiger partial charge in [-0.15, -0.1) is 0 Å². The van der Waals surface area contributed by atoms with Gasteiger partial charge in [-0.2, -0.15) is 5.01 Å². The molecule has 2 fully saturated rings. The van der Waals surface area contributed by atoms with Crippen LogP contribution in [0.5, 0.6) is 0 Å². The van der Waals surface area contributed by atoms with Gasteiger partial charge in [-0.25, -0.2) is 14.4 Å². The fourth-order valence-electron chi connectivity index (χ4n) is 3.66. The van der Waals surface area contributed by atoms with Gasteiger partial charge in [0.2, 0.25) is 0 Å². The minimum Gasteiger partial charge on any atom is -0.452 e. The number of nitrogens with zero attached hydrogens (tertiary/aromatic N) is 1. The summed E-state index contributed by atoms with van der Waals surface area (Å²) in [5.74, 6) is -1.62. The fraction of sp³-hybridized carbons (Fsp3) is 0.476. The Kier molecular flexibility index (Phi) is 6.96. The van der Waals surface area contributed by atoms with Crippen molar-refractivity contribution in [1.82, 2.24) is 15.8 Å².